The first-order valence-corrected chi connectivity index (χ1v) is 15.4. The Kier molecular flexibility index (Phi) is 13.2. The first kappa shape index (κ1) is 37.8. The summed E-state index contributed by atoms with van der Waals surface area (Å²) in [4.78, 5) is 24.9. The van der Waals surface area contributed by atoms with E-state index in [1.165, 1.54) is 51.5 Å². The molecule has 0 aromatic heterocycles. The number of aromatic hydroxyl groups is 2. The highest BCUT2D eigenvalue weighted by Gasteiger charge is 2.53. The predicted molar refractivity (Wildman–Crippen MR) is 166 cm³/mol. The minimum Gasteiger partial charge on any atom is -0.504 e. The predicted octanol–water partition coefficient (Wildman–Crippen LogP) is 0.161. The summed E-state index contributed by atoms with van der Waals surface area (Å²) in [5.74, 6) is -1.51. The van der Waals surface area contributed by atoms with Crippen LogP contribution >= 0.6 is 0 Å². The highest BCUT2D eigenvalue weighted by molar-refractivity contribution is 5.87. The smallest absolute Gasteiger partial charge is 0.331 e. The molecule has 0 spiro atoms. The van der Waals surface area contributed by atoms with Gasteiger partial charge in [0.1, 0.15) is 30.5 Å². The van der Waals surface area contributed by atoms with Gasteiger partial charge in [0.05, 0.1) is 33.5 Å². The van der Waals surface area contributed by atoms with E-state index in [-0.39, 0.29) is 36.0 Å². The van der Waals surface area contributed by atoms with Crippen LogP contribution in [0.25, 0.3) is 6.08 Å². The van der Waals surface area contributed by atoms with Crippen LogP contribution in [-0.2, 0) is 44.4 Å². The van der Waals surface area contributed by atoms with Crippen molar-refractivity contribution < 1.29 is 78.1 Å². The van der Waals surface area contributed by atoms with E-state index in [1.807, 2.05) is 0 Å². The topological polar surface area (TPSA) is 229 Å². The third-order valence-electron chi connectivity index (χ3n) is 7.96. The van der Waals surface area contributed by atoms with E-state index in [1.54, 1.807) is 12.1 Å². The fraction of sp³-hybridized carbons (Fsp3) is 0.515. The number of rotatable bonds is 13. The van der Waals surface area contributed by atoms with Crippen LogP contribution in [0.15, 0.2) is 42.5 Å². The molecule has 2 aliphatic rings. The SMILES string of the molecule is COc1ccc(CCOC2OC(CO)C(OC(=O)C=Cc3ccc(O)c(OC)c3)C(OC3OC(C)C(O)C(O)C3OC(C)=O)C2O)cc1O. The third kappa shape index (κ3) is 9.37. The minimum absolute atomic E-state index is 0.0421. The molecule has 0 amide bonds. The van der Waals surface area contributed by atoms with Gasteiger partial charge in [-0.3, -0.25) is 4.79 Å². The summed E-state index contributed by atoms with van der Waals surface area (Å²) in [6, 6.07) is 9.12. The van der Waals surface area contributed by atoms with Gasteiger partial charge in [-0.1, -0.05) is 12.1 Å². The summed E-state index contributed by atoms with van der Waals surface area (Å²) in [7, 11) is 2.78. The number of carbonyl (C=O) groups excluding carboxylic acids is 2. The maximum absolute atomic E-state index is 13.1. The molecular weight excluding hydrogens is 652 g/mol. The Morgan fingerprint density at radius 2 is 1.57 bits per heavy atom. The average Bonchev–Trinajstić information content (AvgIpc) is 3.07. The van der Waals surface area contributed by atoms with Crippen LogP contribution in [0.4, 0.5) is 0 Å². The molecule has 6 N–H and O–H groups in total. The summed E-state index contributed by atoms with van der Waals surface area (Å²) in [6.07, 6.45) is -12.1. The van der Waals surface area contributed by atoms with E-state index < -0.39 is 80.0 Å². The highest BCUT2D eigenvalue weighted by atomic mass is 16.7. The Hall–Kier alpha value is -4.00. The Labute approximate surface area is 281 Å². The normalized spacial score (nSPS) is 30.1. The molecule has 2 fully saturated rings. The van der Waals surface area contributed by atoms with E-state index in [0.717, 1.165) is 13.0 Å². The molecular formula is C33H42O16. The number of carbonyl (C=O) groups is 2. The summed E-state index contributed by atoms with van der Waals surface area (Å²) in [6.45, 7) is 1.74. The lowest BCUT2D eigenvalue weighted by molar-refractivity contribution is -0.357. The number of ether oxygens (including phenoxy) is 8. The second-order valence-corrected chi connectivity index (χ2v) is 11.4. The van der Waals surface area contributed by atoms with Crippen molar-refractivity contribution in [3.8, 4) is 23.0 Å². The number of benzene rings is 2. The van der Waals surface area contributed by atoms with Gasteiger partial charge in [0, 0.05) is 13.0 Å². The van der Waals surface area contributed by atoms with Crippen LogP contribution in [0.5, 0.6) is 23.0 Å². The lowest BCUT2D eigenvalue weighted by atomic mass is 9.96. The fourth-order valence-corrected chi connectivity index (χ4v) is 5.38. The Morgan fingerprint density at radius 1 is 0.837 bits per heavy atom. The number of aliphatic hydroxyl groups is 4. The second-order valence-electron chi connectivity index (χ2n) is 11.4. The lowest BCUT2D eigenvalue weighted by Crippen LogP contribution is -2.65. The summed E-state index contributed by atoms with van der Waals surface area (Å²) in [5, 5.41) is 62.8. The van der Waals surface area contributed by atoms with Crippen LogP contribution < -0.4 is 9.47 Å². The molecule has 0 bridgehead atoms. The molecule has 16 heteroatoms. The molecule has 16 nitrogen and oxygen atoms in total. The van der Waals surface area contributed by atoms with E-state index in [9.17, 15) is 40.2 Å². The first-order chi connectivity index (χ1) is 23.4. The van der Waals surface area contributed by atoms with E-state index in [4.69, 9.17) is 37.9 Å². The molecule has 0 aliphatic carbocycles. The van der Waals surface area contributed by atoms with Gasteiger partial charge < -0.3 is 68.5 Å². The quantitative estimate of drug-likeness (QED) is 0.121. The number of aliphatic hydroxyl groups excluding tert-OH is 4. The van der Waals surface area contributed by atoms with Crippen molar-refractivity contribution in [1.29, 1.82) is 0 Å². The number of hydrogen-bond acceptors (Lipinski definition) is 16. The average molecular weight is 695 g/mol. The summed E-state index contributed by atoms with van der Waals surface area (Å²) < 4.78 is 44.3. The molecule has 0 radical (unpaired) electrons. The first-order valence-electron chi connectivity index (χ1n) is 15.4. The van der Waals surface area contributed by atoms with Gasteiger partial charge in [-0.05, 0) is 54.8 Å². The van der Waals surface area contributed by atoms with Crippen LogP contribution in [0, 0.1) is 0 Å². The number of hydrogen-bond donors (Lipinski definition) is 6. The molecule has 4 rings (SSSR count). The van der Waals surface area contributed by atoms with Crippen LogP contribution in [-0.4, -0.2) is 131 Å². The van der Waals surface area contributed by atoms with Gasteiger partial charge in [0.25, 0.3) is 0 Å². The highest BCUT2D eigenvalue weighted by Crippen LogP contribution is 2.33. The number of esters is 2. The largest absolute Gasteiger partial charge is 0.504 e. The molecule has 49 heavy (non-hydrogen) atoms. The fourth-order valence-electron chi connectivity index (χ4n) is 5.38. The molecule has 2 aliphatic heterocycles. The van der Waals surface area contributed by atoms with Crippen molar-refractivity contribution in [2.75, 3.05) is 27.4 Å². The Morgan fingerprint density at radius 3 is 2.22 bits per heavy atom. The number of methoxy groups -OCH3 is 2. The zero-order chi connectivity index (χ0) is 35.8. The van der Waals surface area contributed by atoms with Gasteiger partial charge in [-0.2, -0.15) is 0 Å². The third-order valence-corrected chi connectivity index (χ3v) is 7.96. The molecule has 270 valence electrons. The van der Waals surface area contributed by atoms with Gasteiger partial charge in [-0.15, -0.1) is 0 Å². The number of phenolic OH excluding ortho intramolecular Hbond substituents is 2. The van der Waals surface area contributed by atoms with E-state index >= 15 is 0 Å². The molecule has 10 unspecified atom stereocenters. The van der Waals surface area contributed by atoms with Crippen LogP contribution in [0.3, 0.4) is 0 Å². The van der Waals surface area contributed by atoms with Crippen molar-refractivity contribution in [3.05, 3.63) is 53.6 Å². The molecule has 2 aromatic rings. The molecule has 0 saturated carbocycles. The standard InChI is InChI=1S/C33H42O16/c1-16-26(39)27(40)31(46-17(2)35)33(45-16)49-30-28(41)32(44-12-11-19-6-9-22(42-3)21(37)13-19)47-24(15-34)29(30)48-25(38)10-7-18-5-8-20(36)23(14-18)43-4/h5-10,13-14,16,24,26-34,36-37,39-41H,11-12,15H2,1-4H3. The van der Waals surface area contributed by atoms with Crippen LogP contribution in [0.2, 0.25) is 0 Å². The molecule has 2 heterocycles. The Bertz CT molecular complexity index is 1450. The number of phenols is 2. The van der Waals surface area contributed by atoms with Gasteiger partial charge >= 0.3 is 11.9 Å². The van der Waals surface area contributed by atoms with Crippen molar-refractivity contribution in [2.24, 2.45) is 0 Å². The van der Waals surface area contributed by atoms with Crippen LogP contribution in [0.1, 0.15) is 25.0 Å². The van der Waals surface area contributed by atoms with Crippen molar-refractivity contribution in [3.63, 3.8) is 0 Å². The van der Waals surface area contributed by atoms with Crippen molar-refractivity contribution >= 4 is 18.0 Å². The van der Waals surface area contributed by atoms with Gasteiger partial charge in [0.2, 0.25) is 0 Å². The second kappa shape index (κ2) is 17.1. The van der Waals surface area contributed by atoms with E-state index in [2.05, 4.69) is 0 Å². The lowest BCUT2D eigenvalue weighted by Gasteiger charge is -2.47. The zero-order valence-corrected chi connectivity index (χ0v) is 27.3. The molecule has 2 aromatic carbocycles. The zero-order valence-electron chi connectivity index (χ0n) is 27.3. The molecule has 2 saturated heterocycles. The monoisotopic (exact) mass is 694 g/mol. The minimum atomic E-state index is -1.71. The van der Waals surface area contributed by atoms with Crippen molar-refractivity contribution in [2.45, 2.75) is 81.7 Å². The molecule has 10 atom stereocenters. The van der Waals surface area contributed by atoms with Gasteiger partial charge in [-0.25, -0.2) is 4.79 Å². The van der Waals surface area contributed by atoms with Crippen molar-refractivity contribution in [1.82, 2.24) is 0 Å². The maximum Gasteiger partial charge on any atom is 0.331 e. The summed E-state index contributed by atoms with van der Waals surface area (Å²) >= 11 is 0. The van der Waals surface area contributed by atoms with E-state index in [0.29, 0.717) is 11.1 Å². The van der Waals surface area contributed by atoms with Gasteiger partial charge in [0.15, 0.2) is 47.8 Å². The maximum atomic E-state index is 13.1. The Balaban J connectivity index is 1.57. The summed E-state index contributed by atoms with van der Waals surface area (Å²) in [5.41, 5.74) is 1.14.